The Morgan fingerprint density at radius 1 is 1.04 bits per heavy atom. The number of benzene rings is 2. The standard InChI is InChI=1S/C30H36F5N5O5S/c1-3-4-8-46(44,45)18-26(39-29(43)40-17-19(2)14-37-40)28(42)38-25(12-21-10-23(31)13-24(32)11-21)27(41)16-36-15-20-6-5-7-22(9-20)30(33,34)35/h5-7,9-11,13-14,17,25-27,36,41H,3-4,8,12,15-16,18H2,1-2H3,(H,38,42)(H,39,43)/t25-,26+,27+/m0/s1. The average molecular weight is 674 g/mol. The quantitative estimate of drug-likeness (QED) is 0.181. The average Bonchev–Trinajstić information content (AvgIpc) is 3.40. The monoisotopic (exact) mass is 673 g/mol. The highest BCUT2D eigenvalue weighted by Crippen LogP contribution is 2.29. The minimum absolute atomic E-state index is 0.0443. The predicted octanol–water partition coefficient (Wildman–Crippen LogP) is 3.51. The van der Waals surface area contributed by atoms with Crippen LogP contribution in [0.25, 0.3) is 0 Å². The van der Waals surface area contributed by atoms with Gasteiger partial charge in [0.1, 0.15) is 17.7 Å². The van der Waals surface area contributed by atoms with E-state index >= 15 is 0 Å². The van der Waals surface area contributed by atoms with Crippen LogP contribution in [0.2, 0.25) is 0 Å². The summed E-state index contributed by atoms with van der Waals surface area (Å²) in [5.41, 5.74) is 0.0550. The number of carbonyl (C=O) groups excluding carboxylic acids is 2. The Hall–Kier alpha value is -3.89. The van der Waals surface area contributed by atoms with Gasteiger partial charge in [-0.2, -0.15) is 23.0 Å². The molecule has 10 nitrogen and oxygen atoms in total. The fraction of sp³-hybridized carbons (Fsp3) is 0.433. The van der Waals surface area contributed by atoms with E-state index in [2.05, 4.69) is 21.0 Å². The van der Waals surface area contributed by atoms with Crippen molar-refractivity contribution in [2.75, 3.05) is 18.1 Å². The van der Waals surface area contributed by atoms with Gasteiger partial charge in [0.25, 0.3) is 0 Å². The largest absolute Gasteiger partial charge is 0.416 e. The van der Waals surface area contributed by atoms with E-state index in [1.54, 1.807) is 13.8 Å². The molecule has 0 aliphatic rings. The molecule has 0 radical (unpaired) electrons. The summed E-state index contributed by atoms with van der Waals surface area (Å²) in [7, 11) is -3.85. The number of aliphatic hydroxyl groups is 1. The number of aliphatic hydroxyl groups excluding tert-OH is 1. The molecule has 0 aliphatic heterocycles. The van der Waals surface area contributed by atoms with E-state index < -0.39 is 69.1 Å². The number of amides is 2. The molecule has 4 N–H and O–H groups in total. The maximum atomic E-state index is 14.0. The number of nitrogens with one attached hydrogen (secondary N) is 3. The number of nitrogens with zero attached hydrogens (tertiary/aromatic N) is 2. The molecule has 0 fully saturated rings. The lowest BCUT2D eigenvalue weighted by Gasteiger charge is -2.27. The number of sulfone groups is 1. The topological polar surface area (TPSA) is 142 Å². The zero-order valence-electron chi connectivity index (χ0n) is 25.2. The van der Waals surface area contributed by atoms with Gasteiger partial charge in [0, 0.05) is 25.4 Å². The van der Waals surface area contributed by atoms with E-state index in [-0.39, 0.29) is 36.4 Å². The smallest absolute Gasteiger partial charge is 0.390 e. The normalized spacial score (nSPS) is 14.0. The molecule has 2 aromatic carbocycles. The Morgan fingerprint density at radius 3 is 2.35 bits per heavy atom. The van der Waals surface area contributed by atoms with Crippen molar-refractivity contribution in [2.24, 2.45) is 0 Å². The van der Waals surface area contributed by atoms with Crippen LogP contribution in [-0.2, 0) is 33.8 Å². The molecule has 3 rings (SSSR count). The number of aryl methyl sites for hydroxylation is 1. The molecule has 0 saturated heterocycles. The first kappa shape index (κ1) is 36.6. The maximum Gasteiger partial charge on any atom is 0.416 e. The van der Waals surface area contributed by atoms with Crippen molar-refractivity contribution in [3.63, 3.8) is 0 Å². The van der Waals surface area contributed by atoms with E-state index in [1.807, 2.05) is 0 Å². The highest BCUT2D eigenvalue weighted by molar-refractivity contribution is 7.91. The molecule has 0 bridgehead atoms. The van der Waals surface area contributed by atoms with Crippen molar-refractivity contribution in [1.29, 1.82) is 0 Å². The molecule has 16 heteroatoms. The fourth-order valence-electron chi connectivity index (χ4n) is 4.54. The number of carbonyl (C=O) groups is 2. The molecule has 1 heterocycles. The van der Waals surface area contributed by atoms with Crippen molar-refractivity contribution in [2.45, 2.75) is 64.0 Å². The van der Waals surface area contributed by atoms with E-state index in [0.29, 0.717) is 24.5 Å². The third kappa shape index (κ3) is 11.5. The summed E-state index contributed by atoms with van der Waals surface area (Å²) < 4.78 is 93.7. The Balaban J connectivity index is 1.82. The molecular formula is C30H36F5N5O5S. The van der Waals surface area contributed by atoms with Crippen LogP contribution in [-0.4, -0.2) is 71.5 Å². The van der Waals surface area contributed by atoms with Crippen LogP contribution in [0.1, 0.15) is 42.0 Å². The zero-order chi connectivity index (χ0) is 34.1. The number of unbranched alkanes of at least 4 members (excludes halogenated alkanes) is 1. The van der Waals surface area contributed by atoms with Crippen LogP contribution in [0, 0.1) is 18.6 Å². The second-order valence-electron chi connectivity index (χ2n) is 10.9. The third-order valence-corrected chi connectivity index (χ3v) is 8.62. The van der Waals surface area contributed by atoms with Gasteiger partial charge < -0.3 is 21.1 Å². The molecule has 3 aromatic rings. The van der Waals surface area contributed by atoms with Crippen LogP contribution < -0.4 is 16.0 Å². The molecular weight excluding hydrogens is 637 g/mol. The summed E-state index contributed by atoms with van der Waals surface area (Å²) in [4.78, 5) is 26.3. The van der Waals surface area contributed by atoms with Crippen molar-refractivity contribution >= 4 is 21.8 Å². The number of hydrogen-bond donors (Lipinski definition) is 4. The SMILES string of the molecule is CCCCS(=O)(=O)C[C@@H](NC(=O)n1cc(C)cn1)C(=O)N[C@@H](Cc1cc(F)cc(F)c1)[C@H](O)CNCc1cccc(C(F)(F)F)c1. The lowest BCUT2D eigenvalue weighted by atomic mass is 10.00. The van der Waals surface area contributed by atoms with Gasteiger partial charge in [-0.05, 0) is 54.7 Å². The van der Waals surface area contributed by atoms with Crippen LogP contribution in [0.15, 0.2) is 54.9 Å². The Kier molecular flexibility index (Phi) is 12.8. The molecule has 2 amide bonds. The molecule has 0 aliphatic carbocycles. The molecule has 1 aromatic heterocycles. The first-order valence-corrected chi connectivity index (χ1v) is 16.2. The van der Waals surface area contributed by atoms with Crippen molar-refractivity contribution in [1.82, 2.24) is 25.7 Å². The summed E-state index contributed by atoms with van der Waals surface area (Å²) in [6.07, 6.45) is -2.76. The zero-order valence-corrected chi connectivity index (χ0v) is 26.0. The van der Waals surface area contributed by atoms with Gasteiger partial charge in [0.2, 0.25) is 5.91 Å². The van der Waals surface area contributed by atoms with Gasteiger partial charge in [-0.3, -0.25) is 4.79 Å². The van der Waals surface area contributed by atoms with Gasteiger partial charge in [0.05, 0.1) is 35.4 Å². The van der Waals surface area contributed by atoms with Gasteiger partial charge in [-0.15, -0.1) is 0 Å². The molecule has 46 heavy (non-hydrogen) atoms. The molecule has 0 spiro atoms. The van der Waals surface area contributed by atoms with Crippen molar-refractivity contribution < 1.29 is 45.1 Å². The van der Waals surface area contributed by atoms with Gasteiger partial charge in [0.15, 0.2) is 9.84 Å². The Morgan fingerprint density at radius 2 is 1.74 bits per heavy atom. The number of rotatable bonds is 15. The lowest BCUT2D eigenvalue weighted by Crippen LogP contribution is -2.57. The molecule has 3 atom stereocenters. The summed E-state index contributed by atoms with van der Waals surface area (Å²) in [6, 6.07) is 3.29. The third-order valence-electron chi connectivity index (χ3n) is 6.87. The second kappa shape index (κ2) is 16.1. The van der Waals surface area contributed by atoms with Crippen LogP contribution >= 0.6 is 0 Å². The van der Waals surface area contributed by atoms with E-state index in [0.717, 1.165) is 28.9 Å². The highest BCUT2D eigenvalue weighted by atomic mass is 32.2. The highest BCUT2D eigenvalue weighted by Gasteiger charge is 2.32. The summed E-state index contributed by atoms with van der Waals surface area (Å²) in [6.45, 7) is 3.05. The number of hydrogen-bond acceptors (Lipinski definition) is 7. The molecule has 0 saturated carbocycles. The van der Waals surface area contributed by atoms with E-state index in [1.165, 1.54) is 24.5 Å². The number of halogens is 5. The van der Waals surface area contributed by atoms with Crippen LogP contribution in [0.3, 0.4) is 0 Å². The summed E-state index contributed by atoms with van der Waals surface area (Å²) >= 11 is 0. The number of aromatic nitrogens is 2. The molecule has 252 valence electrons. The van der Waals surface area contributed by atoms with Crippen LogP contribution in [0.5, 0.6) is 0 Å². The van der Waals surface area contributed by atoms with E-state index in [9.17, 15) is 45.1 Å². The minimum atomic E-state index is -4.56. The second-order valence-corrected chi connectivity index (χ2v) is 13.2. The lowest BCUT2D eigenvalue weighted by molar-refractivity contribution is -0.137. The van der Waals surface area contributed by atoms with E-state index in [4.69, 9.17) is 0 Å². The predicted molar refractivity (Wildman–Crippen MR) is 159 cm³/mol. The Labute approximate surface area is 263 Å². The van der Waals surface area contributed by atoms with Crippen LogP contribution in [0.4, 0.5) is 26.7 Å². The van der Waals surface area contributed by atoms with Gasteiger partial charge in [-0.25, -0.2) is 22.0 Å². The molecule has 0 unspecified atom stereocenters. The minimum Gasteiger partial charge on any atom is -0.390 e. The maximum absolute atomic E-state index is 14.0. The Bertz CT molecular complexity index is 1580. The van der Waals surface area contributed by atoms with Gasteiger partial charge in [-0.1, -0.05) is 31.5 Å². The number of alkyl halides is 3. The summed E-state index contributed by atoms with van der Waals surface area (Å²) in [5.74, 6) is -3.87. The summed E-state index contributed by atoms with van der Waals surface area (Å²) in [5, 5.41) is 22.5. The fourth-order valence-corrected chi connectivity index (χ4v) is 6.17. The van der Waals surface area contributed by atoms with Crippen molar-refractivity contribution in [3.05, 3.63) is 88.7 Å². The van der Waals surface area contributed by atoms with Crippen molar-refractivity contribution in [3.8, 4) is 0 Å². The first-order chi connectivity index (χ1) is 21.6. The first-order valence-electron chi connectivity index (χ1n) is 14.4. The van der Waals surface area contributed by atoms with Gasteiger partial charge >= 0.3 is 12.2 Å².